The van der Waals surface area contributed by atoms with Gasteiger partial charge in [0.25, 0.3) is 0 Å². The molecule has 21 heavy (non-hydrogen) atoms. The lowest BCUT2D eigenvalue weighted by Crippen LogP contribution is -2.31. The molecule has 1 heterocycles. The highest BCUT2D eigenvalue weighted by molar-refractivity contribution is 5.78. The number of carbonyl (C=O) groups excluding carboxylic acids is 2. The van der Waals surface area contributed by atoms with Crippen LogP contribution in [0.25, 0.3) is 0 Å². The van der Waals surface area contributed by atoms with Crippen molar-refractivity contribution in [3.05, 3.63) is 29.8 Å². The van der Waals surface area contributed by atoms with Crippen LogP contribution in [0.1, 0.15) is 12.0 Å². The van der Waals surface area contributed by atoms with E-state index in [0.717, 1.165) is 17.7 Å². The summed E-state index contributed by atoms with van der Waals surface area (Å²) in [6.07, 6.45) is 0.804. The van der Waals surface area contributed by atoms with Crippen LogP contribution < -0.4 is 10.1 Å². The maximum atomic E-state index is 11.8. The van der Waals surface area contributed by atoms with E-state index in [0.29, 0.717) is 32.7 Å². The summed E-state index contributed by atoms with van der Waals surface area (Å²) in [5.41, 5.74) is 0.941. The zero-order valence-corrected chi connectivity index (χ0v) is 12.1. The Morgan fingerprint density at radius 1 is 1.38 bits per heavy atom. The van der Waals surface area contributed by atoms with Gasteiger partial charge in [0.2, 0.25) is 5.91 Å². The third-order valence-electron chi connectivity index (χ3n) is 3.30. The number of hydrogen-bond acceptors (Lipinski definition) is 4. The largest absolute Gasteiger partial charge is 0.497 e. The predicted octanol–water partition coefficient (Wildman–Crippen LogP) is 1.20. The second-order valence-electron chi connectivity index (χ2n) is 4.83. The minimum atomic E-state index is -0.264. The first-order valence-electron chi connectivity index (χ1n) is 7.00. The molecular formula is C15H20N2O4. The number of amides is 2. The number of cyclic esters (lactones) is 1. The number of rotatable bonds is 7. The second kappa shape index (κ2) is 7.52. The molecule has 0 saturated carbocycles. The lowest BCUT2D eigenvalue weighted by atomic mass is 10.1. The summed E-state index contributed by atoms with van der Waals surface area (Å²) in [6.45, 7) is 2.27. The summed E-state index contributed by atoms with van der Waals surface area (Å²) >= 11 is 0. The zero-order chi connectivity index (χ0) is 15.1. The van der Waals surface area contributed by atoms with Gasteiger partial charge in [0, 0.05) is 13.1 Å². The third-order valence-corrected chi connectivity index (χ3v) is 3.30. The van der Waals surface area contributed by atoms with Crippen molar-refractivity contribution in [2.75, 3.05) is 33.4 Å². The molecule has 1 saturated heterocycles. The van der Waals surface area contributed by atoms with Crippen LogP contribution in [0.3, 0.4) is 0 Å². The average Bonchev–Trinajstić information content (AvgIpc) is 2.90. The lowest BCUT2D eigenvalue weighted by Gasteiger charge is -2.12. The molecule has 6 nitrogen and oxygen atoms in total. The van der Waals surface area contributed by atoms with E-state index in [4.69, 9.17) is 9.47 Å². The molecule has 1 aliphatic heterocycles. The Morgan fingerprint density at radius 2 is 2.14 bits per heavy atom. The summed E-state index contributed by atoms with van der Waals surface area (Å²) in [5.74, 6) is 0.751. The molecule has 1 aliphatic rings. The smallest absolute Gasteiger partial charge is 0.409 e. The first kappa shape index (κ1) is 15.2. The van der Waals surface area contributed by atoms with E-state index < -0.39 is 0 Å². The van der Waals surface area contributed by atoms with Crippen molar-refractivity contribution in [2.24, 2.45) is 0 Å². The summed E-state index contributed by atoms with van der Waals surface area (Å²) in [4.78, 5) is 24.6. The molecule has 0 aromatic heterocycles. The fourth-order valence-corrected chi connectivity index (χ4v) is 2.12. The number of nitrogens with zero attached hydrogens (tertiary/aromatic N) is 1. The van der Waals surface area contributed by atoms with Gasteiger partial charge in [0.1, 0.15) is 12.4 Å². The summed E-state index contributed by atoms with van der Waals surface area (Å²) in [7, 11) is 1.61. The summed E-state index contributed by atoms with van der Waals surface area (Å²) in [6, 6.07) is 7.42. The van der Waals surface area contributed by atoms with E-state index >= 15 is 0 Å². The predicted molar refractivity (Wildman–Crippen MR) is 77.2 cm³/mol. The first-order valence-corrected chi connectivity index (χ1v) is 7.00. The second-order valence-corrected chi connectivity index (χ2v) is 4.83. The van der Waals surface area contributed by atoms with Gasteiger partial charge in [-0.15, -0.1) is 0 Å². The van der Waals surface area contributed by atoms with Crippen molar-refractivity contribution in [1.29, 1.82) is 0 Å². The van der Waals surface area contributed by atoms with Gasteiger partial charge in [-0.1, -0.05) is 12.1 Å². The zero-order valence-electron chi connectivity index (χ0n) is 12.1. The topological polar surface area (TPSA) is 67.9 Å². The molecule has 0 radical (unpaired) electrons. The van der Waals surface area contributed by atoms with Gasteiger partial charge < -0.3 is 19.7 Å². The monoisotopic (exact) mass is 292 g/mol. The molecule has 0 unspecified atom stereocenters. The molecule has 2 amide bonds. The van der Waals surface area contributed by atoms with E-state index in [-0.39, 0.29) is 12.0 Å². The molecule has 1 aromatic rings. The van der Waals surface area contributed by atoms with Crippen LogP contribution in [0.15, 0.2) is 24.3 Å². The maximum absolute atomic E-state index is 11.8. The van der Waals surface area contributed by atoms with E-state index in [1.165, 1.54) is 0 Å². The highest BCUT2D eigenvalue weighted by atomic mass is 16.6. The van der Waals surface area contributed by atoms with Crippen LogP contribution in [0, 0.1) is 0 Å². The van der Waals surface area contributed by atoms with Gasteiger partial charge >= 0.3 is 6.09 Å². The molecule has 6 heteroatoms. The Kier molecular flexibility index (Phi) is 5.43. The van der Waals surface area contributed by atoms with E-state index in [9.17, 15) is 9.59 Å². The Balaban J connectivity index is 1.63. The fourth-order valence-electron chi connectivity index (χ4n) is 2.12. The van der Waals surface area contributed by atoms with Gasteiger partial charge in [-0.3, -0.25) is 4.79 Å². The van der Waals surface area contributed by atoms with Crippen LogP contribution in [-0.2, 0) is 16.0 Å². The van der Waals surface area contributed by atoms with Crippen molar-refractivity contribution < 1.29 is 19.1 Å². The standard InChI is InChI=1S/C15H20N2O4/c1-20-13-5-3-12(4-6-13)11-14(18)16-7-2-8-17-9-10-21-15(17)19/h3-6H,2,7-11H2,1H3,(H,16,18). The number of methoxy groups -OCH3 is 1. The van der Waals surface area contributed by atoms with Crippen molar-refractivity contribution in [3.63, 3.8) is 0 Å². The van der Waals surface area contributed by atoms with E-state index in [2.05, 4.69) is 5.32 Å². The molecular weight excluding hydrogens is 272 g/mol. The molecule has 0 spiro atoms. The van der Waals surface area contributed by atoms with Crippen molar-refractivity contribution in [1.82, 2.24) is 10.2 Å². The molecule has 0 bridgehead atoms. The average molecular weight is 292 g/mol. The van der Waals surface area contributed by atoms with Crippen molar-refractivity contribution in [2.45, 2.75) is 12.8 Å². The fraction of sp³-hybridized carbons (Fsp3) is 0.467. The summed E-state index contributed by atoms with van der Waals surface area (Å²) < 4.78 is 9.90. The van der Waals surface area contributed by atoms with Crippen molar-refractivity contribution in [3.8, 4) is 5.75 Å². The molecule has 1 N–H and O–H groups in total. The molecule has 114 valence electrons. The van der Waals surface area contributed by atoms with Crippen LogP contribution in [0.5, 0.6) is 5.75 Å². The number of carbonyl (C=O) groups is 2. The van der Waals surface area contributed by atoms with Gasteiger partial charge in [-0.05, 0) is 24.1 Å². The highest BCUT2D eigenvalue weighted by Crippen LogP contribution is 2.11. The minimum Gasteiger partial charge on any atom is -0.497 e. The number of benzene rings is 1. The highest BCUT2D eigenvalue weighted by Gasteiger charge is 2.20. The van der Waals surface area contributed by atoms with E-state index in [1.807, 2.05) is 24.3 Å². The molecule has 0 aliphatic carbocycles. The Hall–Kier alpha value is -2.24. The summed E-state index contributed by atoms with van der Waals surface area (Å²) in [5, 5.41) is 2.85. The van der Waals surface area contributed by atoms with Gasteiger partial charge in [0.05, 0.1) is 20.1 Å². The van der Waals surface area contributed by atoms with Crippen molar-refractivity contribution >= 4 is 12.0 Å². The third kappa shape index (κ3) is 4.66. The number of nitrogens with one attached hydrogen (secondary N) is 1. The van der Waals surface area contributed by atoms with E-state index in [1.54, 1.807) is 12.0 Å². The SMILES string of the molecule is COc1ccc(CC(=O)NCCCN2CCOC2=O)cc1. The number of ether oxygens (including phenoxy) is 2. The van der Waals surface area contributed by atoms with Crippen LogP contribution in [0.4, 0.5) is 4.79 Å². The van der Waals surface area contributed by atoms with Gasteiger partial charge in [0.15, 0.2) is 0 Å². The first-order chi connectivity index (χ1) is 10.2. The molecule has 1 aromatic carbocycles. The Morgan fingerprint density at radius 3 is 2.76 bits per heavy atom. The molecule has 2 rings (SSSR count). The maximum Gasteiger partial charge on any atom is 0.409 e. The lowest BCUT2D eigenvalue weighted by molar-refractivity contribution is -0.120. The van der Waals surface area contributed by atoms with Gasteiger partial charge in [-0.25, -0.2) is 4.79 Å². The number of hydrogen-bond donors (Lipinski definition) is 1. The van der Waals surface area contributed by atoms with Crippen LogP contribution >= 0.6 is 0 Å². The van der Waals surface area contributed by atoms with Crippen LogP contribution in [-0.4, -0.2) is 50.3 Å². The molecule has 1 fully saturated rings. The Labute approximate surface area is 124 Å². The minimum absolute atomic E-state index is 0.0239. The normalized spacial score (nSPS) is 14.0. The van der Waals surface area contributed by atoms with Crippen LogP contribution in [0.2, 0.25) is 0 Å². The Bertz CT molecular complexity index is 487. The molecule has 0 atom stereocenters. The quantitative estimate of drug-likeness (QED) is 0.767. The van der Waals surface area contributed by atoms with Gasteiger partial charge in [-0.2, -0.15) is 0 Å².